The lowest BCUT2D eigenvalue weighted by Crippen LogP contribution is -2.27. The molecular formula is C33H38N2O4. The Morgan fingerprint density at radius 1 is 0.897 bits per heavy atom. The molecule has 0 bridgehead atoms. The first kappa shape index (κ1) is 26.7. The number of rotatable bonds is 8. The molecule has 2 aliphatic rings. The number of fused-ring (bicyclic) bond motifs is 1. The zero-order valence-electron chi connectivity index (χ0n) is 23.4. The van der Waals surface area contributed by atoms with Crippen LogP contribution < -0.4 is 24.8 Å². The molecule has 0 saturated carbocycles. The molecule has 1 heterocycles. The van der Waals surface area contributed by atoms with E-state index in [9.17, 15) is 4.79 Å². The van der Waals surface area contributed by atoms with Gasteiger partial charge in [-0.25, -0.2) is 0 Å². The highest BCUT2D eigenvalue weighted by Gasteiger charge is 2.37. The number of Topliss-reactive ketones (excluding diaryl/α,β-unsaturated/α-hetero) is 1. The maximum Gasteiger partial charge on any atom is 0.167 e. The van der Waals surface area contributed by atoms with E-state index in [1.807, 2.05) is 68.4 Å². The van der Waals surface area contributed by atoms with Crippen LogP contribution in [0.25, 0.3) is 0 Å². The van der Waals surface area contributed by atoms with Crippen LogP contribution in [-0.4, -0.2) is 25.6 Å². The van der Waals surface area contributed by atoms with Crippen LogP contribution in [0.3, 0.4) is 0 Å². The summed E-state index contributed by atoms with van der Waals surface area (Å²) in [5.74, 6) is 2.83. The Balaban J connectivity index is 1.54. The molecular weight excluding hydrogens is 488 g/mol. The summed E-state index contributed by atoms with van der Waals surface area (Å²) < 4.78 is 17.8. The third kappa shape index (κ3) is 5.75. The van der Waals surface area contributed by atoms with Crippen molar-refractivity contribution in [1.82, 2.24) is 0 Å². The molecule has 3 aromatic carbocycles. The molecule has 204 valence electrons. The van der Waals surface area contributed by atoms with Crippen molar-refractivity contribution in [3.05, 3.63) is 89.1 Å². The van der Waals surface area contributed by atoms with Crippen LogP contribution in [0.15, 0.2) is 78.0 Å². The zero-order chi connectivity index (χ0) is 27.5. The fraction of sp³-hybridized carbons (Fsp3) is 0.364. The molecule has 0 aromatic heterocycles. The first-order valence-electron chi connectivity index (χ1n) is 13.8. The molecule has 3 aromatic rings. The molecule has 2 atom stereocenters. The second-order valence-corrected chi connectivity index (χ2v) is 11.0. The topological polar surface area (TPSA) is 68.8 Å². The molecule has 1 aliphatic heterocycles. The Morgan fingerprint density at radius 3 is 2.33 bits per heavy atom. The van der Waals surface area contributed by atoms with E-state index in [1.165, 1.54) is 0 Å². The Kier molecular flexibility index (Phi) is 7.82. The molecule has 6 nitrogen and oxygen atoms in total. The number of hydrogen-bond donors (Lipinski definition) is 2. The number of carbonyl (C=O) groups is 1. The first-order valence-corrected chi connectivity index (χ1v) is 13.8. The highest BCUT2D eigenvalue weighted by Crippen LogP contribution is 2.47. The lowest BCUT2D eigenvalue weighted by Gasteiger charge is -2.31. The van der Waals surface area contributed by atoms with Crippen molar-refractivity contribution in [2.75, 3.05) is 24.4 Å². The highest BCUT2D eigenvalue weighted by atomic mass is 16.5. The van der Waals surface area contributed by atoms with Gasteiger partial charge in [-0.15, -0.1) is 0 Å². The van der Waals surface area contributed by atoms with Gasteiger partial charge in [-0.1, -0.05) is 50.2 Å². The maximum atomic E-state index is 14.0. The van der Waals surface area contributed by atoms with E-state index in [4.69, 9.17) is 14.2 Å². The minimum atomic E-state index is -0.389. The molecule has 0 radical (unpaired) electrons. The number of ketones is 1. The number of nitrogens with one attached hydrogen (secondary N) is 2. The molecule has 0 fully saturated rings. The highest BCUT2D eigenvalue weighted by molar-refractivity contribution is 6.01. The summed E-state index contributed by atoms with van der Waals surface area (Å²) in [6.07, 6.45) is 1.11. The largest absolute Gasteiger partial charge is 0.493 e. The van der Waals surface area contributed by atoms with E-state index >= 15 is 0 Å². The summed E-state index contributed by atoms with van der Waals surface area (Å²) >= 11 is 0. The minimum absolute atomic E-state index is 0.0522. The summed E-state index contributed by atoms with van der Waals surface area (Å²) in [6.45, 7) is 8.94. The molecule has 6 heteroatoms. The first-order chi connectivity index (χ1) is 18.8. The van der Waals surface area contributed by atoms with Crippen molar-refractivity contribution in [2.24, 2.45) is 5.92 Å². The Bertz CT molecular complexity index is 1360. The van der Waals surface area contributed by atoms with E-state index in [1.54, 1.807) is 7.11 Å². The quantitative estimate of drug-likeness (QED) is 0.317. The Hall–Kier alpha value is -3.93. The van der Waals surface area contributed by atoms with Crippen molar-refractivity contribution in [2.45, 2.75) is 58.6 Å². The van der Waals surface area contributed by atoms with Crippen LogP contribution in [0.1, 0.15) is 63.6 Å². The second-order valence-electron chi connectivity index (χ2n) is 11.0. The SMILES string of the molecule is COc1cccc(C2Nc3ccccc3NC3=C2C(=O)CC(c2ccc(OCC(C)C)cc2)C3)c1OC(C)C. The Labute approximate surface area is 231 Å². The molecule has 1 aliphatic carbocycles. The predicted octanol–water partition coefficient (Wildman–Crippen LogP) is 7.50. The number of methoxy groups -OCH3 is 1. The van der Waals surface area contributed by atoms with Crippen LogP contribution >= 0.6 is 0 Å². The smallest absolute Gasteiger partial charge is 0.167 e. The van der Waals surface area contributed by atoms with Gasteiger partial charge in [0.25, 0.3) is 0 Å². The number of anilines is 2. The summed E-state index contributed by atoms with van der Waals surface area (Å²) in [4.78, 5) is 14.0. The number of para-hydroxylation sites is 3. The van der Waals surface area contributed by atoms with Crippen LogP contribution in [-0.2, 0) is 4.79 Å². The number of carbonyl (C=O) groups excluding carboxylic acids is 1. The number of ether oxygens (including phenoxy) is 3. The van der Waals surface area contributed by atoms with Crippen molar-refractivity contribution < 1.29 is 19.0 Å². The van der Waals surface area contributed by atoms with E-state index in [2.05, 4.69) is 36.6 Å². The van der Waals surface area contributed by atoms with Crippen molar-refractivity contribution in [3.63, 3.8) is 0 Å². The molecule has 2 N–H and O–H groups in total. The standard InChI is InChI=1S/C33H38N2O4/c1-20(2)19-38-24-15-13-22(14-16-24)23-17-28-31(29(36)18-23)32(35-27-11-7-6-10-26(27)34-28)25-9-8-12-30(37-5)33(25)39-21(3)4/h6-16,20-21,23,32,34-35H,17-19H2,1-5H3. The van der Waals surface area contributed by atoms with E-state index in [-0.39, 0.29) is 23.8 Å². The van der Waals surface area contributed by atoms with Crippen LogP contribution in [0, 0.1) is 5.92 Å². The van der Waals surface area contributed by atoms with Gasteiger partial charge < -0.3 is 24.8 Å². The third-order valence-corrected chi connectivity index (χ3v) is 7.14. The van der Waals surface area contributed by atoms with Gasteiger partial charge in [-0.05, 0) is 68.0 Å². The van der Waals surface area contributed by atoms with E-state index < -0.39 is 0 Å². The van der Waals surface area contributed by atoms with Gasteiger partial charge in [0.1, 0.15) is 5.75 Å². The molecule has 0 amide bonds. The number of allylic oxidation sites excluding steroid dienone is 1. The predicted molar refractivity (Wildman–Crippen MR) is 156 cm³/mol. The normalized spacial score (nSPS) is 18.6. The van der Waals surface area contributed by atoms with Crippen molar-refractivity contribution in [3.8, 4) is 17.2 Å². The molecule has 0 spiro atoms. The van der Waals surface area contributed by atoms with Crippen molar-refractivity contribution in [1.29, 1.82) is 0 Å². The van der Waals surface area contributed by atoms with Gasteiger partial charge in [-0.3, -0.25) is 4.79 Å². The van der Waals surface area contributed by atoms with Crippen LogP contribution in [0.4, 0.5) is 11.4 Å². The van der Waals surface area contributed by atoms with Gasteiger partial charge >= 0.3 is 0 Å². The monoisotopic (exact) mass is 526 g/mol. The molecule has 5 rings (SSSR count). The summed E-state index contributed by atoms with van der Waals surface area (Å²) in [6, 6.07) is 21.8. The minimum Gasteiger partial charge on any atom is -0.493 e. The fourth-order valence-corrected chi connectivity index (χ4v) is 5.34. The average molecular weight is 527 g/mol. The van der Waals surface area contributed by atoms with Crippen molar-refractivity contribution >= 4 is 17.2 Å². The molecule has 0 saturated heterocycles. The Morgan fingerprint density at radius 2 is 1.64 bits per heavy atom. The summed E-state index contributed by atoms with van der Waals surface area (Å²) in [5, 5.41) is 7.29. The number of hydrogen-bond acceptors (Lipinski definition) is 6. The van der Waals surface area contributed by atoms with Crippen LogP contribution in [0.2, 0.25) is 0 Å². The molecule has 39 heavy (non-hydrogen) atoms. The van der Waals surface area contributed by atoms with Gasteiger partial charge in [0.05, 0.1) is 37.2 Å². The van der Waals surface area contributed by atoms with Gasteiger partial charge in [-0.2, -0.15) is 0 Å². The molecule has 2 unspecified atom stereocenters. The lowest BCUT2D eigenvalue weighted by atomic mass is 9.78. The second kappa shape index (κ2) is 11.4. The number of benzene rings is 3. The lowest BCUT2D eigenvalue weighted by molar-refractivity contribution is -0.116. The summed E-state index contributed by atoms with van der Waals surface area (Å²) in [7, 11) is 1.64. The van der Waals surface area contributed by atoms with Gasteiger partial charge in [0, 0.05) is 23.3 Å². The summed E-state index contributed by atoms with van der Waals surface area (Å²) in [5.41, 5.74) is 5.60. The maximum absolute atomic E-state index is 14.0. The fourth-order valence-electron chi connectivity index (χ4n) is 5.34. The van der Waals surface area contributed by atoms with Crippen LogP contribution in [0.5, 0.6) is 17.2 Å². The van der Waals surface area contributed by atoms with Gasteiger partial charge in [0.2, 0.25) is 0 Å². The van der Waals surface area contributed by atoms with Gasteiger partial charge in [0.15, 0.2) is 17.3 Å². The van der Waals surface area contributed by atoms with E-state index in [0.29, 0.717) is 30.4 Å². The average Bonchev–Trinajstić information content (AvgIpc) is 3.09. The van der Waals surface area contributed by atoms with E-state index in [0.717, 1.165) is 45.9 Å². The zero-order valence-corrected chi connectivity index (χ0v) is 23.4. The third-order valence-electron chi connectivity index (χ3n) is 7.14.